The SMILES string of the molecule is CCn1c(SCC(=O)N2N=C(c3ccccc3)C[C@@H]2c2ccc(OC)cc2)nnc1-c1ccco1. The smallest absolute Gasteiger partial charge is 0.253 e. The molecule has 1 atom stereocenters. The number of hydrogen-bond donors (Lipinski definition) is 0. The molecule has 0 radical (unpaired) electrons. The Morgan fingerprint density at radius 2 is 1.89 bits per heavy atom. The summed E-state index contributed by atoms with van der Waals surface area (Å²) in [5.74, 6) is 2.17. The first-order valence-electron chi connectivity index (χ1n) is 11.4. The van der Waals surface area contributed by atoms with Gasteiger partial charge in [0.1, 0.15) is 5.75 Å². The van der Waals surface area contributed by atoms with Crippen molar-refractivity contribution >= 4 is 23.4 Å². The van der Waals surface area contributed by atoms with Gasteiger partial charge in [0.2, 0.25) is 0 Å². The molecule has 0 aliphatic carbocycles. The van der Waals surface area contributed by atoms with Crippen LogP contribution in [0.3, 0.4) is 0 Å². The summed E-state index contributed by atoms with van der Waals surface area (Å²) in [6, 6.07) is 21.2. The zero-order valence-electron chi connectivity index (χ0n) is 19.5. The van der Waals surface area contributed by atoms with Crippen LogP contribution < -0.4 is 4.74 Å². The number of thioether (sulfide) groups is 1. The van der Waals surface area contributed by atoms with Crippen LogP contribution in [0.4, 0.5) is 0 Å². The van der Waals surface area contributed by atoms with Gasteiger partial charge in [0.15, 0.2) is 16.7 Å². The Bertz CT molecular complexity index is 1320. The molecule has 0 unspecified atom stereocenters. The molecule has 0 N–H and O–H groups in total. The van der Waals surface area contributed by atoms with E-state index in [2.05, 4.69) is 10.2 Å². The summed E-state index contributed by atoms with van der Waals surface area (Å²) >= 11 is 1.35. The van der Waals surface area contributed by atoms with Gasteiger partial charge in [-0.3, -0.25) is 9.36 Å². The second-order valence-corrected chi connectivity index (χ2v) is 8.90. The molecule has 0 fully saturated rings. The zero-order chi connectivity index (χ0) is 24.2. The minimum absolute atomic E-state index is 0.0908. The number of benzene rings is 2. The van der Waals surface area contributed by atoms with Crippen molar-refractivity contribution in [2.24, 2.45) is 5.10 Å². The number of nitrogens with zero attached hydrogens (tertiary/aromatic N) is 5. The summed E-state index contributed by atoms with van der Waals surface area (Å²) in [7, 11) is 1.64. The van der Waals surface area contributed by atoms with Crippen LogP contribution >= 0.6 is 11.8 Å². The highest BCUT2D eigenvalue weighted by molar-refractivity contribution is 7.99. The Kier molecular flexibility index (Phi) is 6.67. The fourth-order valence-corrected chi connectivity index (χ4v) is 4.95. The number of carbonyl (C=O) groups is 1. The number of methoxy groups -OCH3 is 1. The Morgan fingerprint density at radius 3 is 2.57 bits per heavy atom. The minimum Gasteiger partial charge on any atom is -0.497 e. The molecule has 1 aliphatic rings. The van der Waals surface area contributed by atoms with E-state index in [4.69, 9.17) is 14.3 Å². The quantitative estimate of drug-likeness (QED) is 0.324. The largest absolute Gasteiger partial charge is 0.497 e. The summed E-state index contributed by atoms with van der Waals surface area (Å²) in [5, 5.41) is 15.6. The molecule has 0 saturated carbocycles. The topological polar surface area (TPSA) is 85.8 Å². The van der Waals surface area contributed by atoms with Crippen LogP contribution in [0, 0.1) is 0 Å². The van der Waals surface area contributed by atoms with E-state index in [0.717, 1.165) is 22.6 Å². The summed E-state index contributed by atoms with van der Waals surface area (Å²) in [5.41, 5.74) is 2.92. The molecule has 9 heteroatoms. The first kappa shape index (κ1) is 22.9. The third kappa shape index (κ3) is 4.72. The van der Waals surface area contributed by atoms with Gasteiger partial charge in [-0.05, 0) is 42.3 Å². The number of amides is 1. The summed E-state index contributed by atoms with van der Waals surface area (Å²) in [6.45, 7) is 2.67. The zero-order valence-corrected chi connectivity index (χ0v) is 20.3. The predicted octanol–water partition coefficient (Wildman–Crippen LogP) is 5.04. The monoisotopic (exact) mass is 487 g/mol. The molecule has 0 spiro atoms. The number of hydrogen-bond acceptors (Lipinski definition) is 7. The maximum Gasteiger partial charge on any atom is 0.253 e. The van der Waals surface area contributed by atoms with Gasteiger partial charge < -0.3 is 9.15 Å². The maximum absolute atomic E-state index is 13.4. The fraction of sp³-hybridized carbons (Fsp3) is 0.231. The lowest BCUT2D eigenvalue weighted by molar-refractivity contribution is -0.130. The van der Waals surface area contributed by atoms with E-state index in [1.54, 1.807) is 18.4 Å². The molecule has 5 rings (SSSR count). The van der Waals surface area contributed by atoms with E-state index >= 15 is 0 Å². The molecular weight excluding hydrogens is 462 g/mol. The summed E-state index contributed by atoms with van der Waals surface area (Å²) < 4.78 is 12.7. The molecule has 3 heterocycles. The number of carbonyl (C=O) groups excluding carboxylic acids is 1. The lowest BCUT2D eigenvalue weighted by Crippen LogP contribution is -2.28. The molecule has 178 valence electrons. The number of furan rings is 1. The van der Waals surface area contributed by atoms with Crippen LogP contribution in [0.5, 0.6) is 5.75 Å². The van der Waals surface area contributed by atoms with Crippen molar-refractivity contribution in [2.45, 2.75) is 31.1 Å². The second-order valence-electron chi connectivity index (χ2n) is 7.96. The molecule has 4 aromatic rings. The van der Waals surface area contributed by atoms with Gasteiger partial charge in [-0.25, -0.2) is 5.01 Å². The van der Waals surface area contributed by atoms with E-state index in [-0.39, 0.29) is 17.7 Å². The van der Waals surface area contributed by atoms with Crippen molar-refractivity contribution in [3.05, 3.63) is 84.1 Å². The van der Waals surface area contributed by atoms with Gasteiger partial charge >= 0.3 is 0 Å². The van der Waals surface area contributed by atoms with E-state index in [0.29, 0.717) is 29.7 Å². The van der Waals surface area contributed by atoms with Gasteiger partial charge in [0.25, 0.3) is 5.91 Å². The lowest BCUT2D eigenvalue weighted by atomic mass is 9.98. The highest BCUT2D eigenvalue weighted by atomic mass is 32.2. The molecule has 35 heavy (non-hydrogen) atoms. The third-order valence-electron chi connectivity index (χ3n) is 5.87. The van der Waals surface area contributed by atoms with E-state index in [1.165, 1.54) is 11.8 Å². The number of ether oxygens (including phenoxy) is 1. The second kappa shape index (κ2) is 10.2. The fourth-order valence-electron chi connectivity index (χ4n) is 4.09. The Hall–Kier alpha value is -3.85. The normalized spacial score (nSPS) is 15.3. The Morgan fingerprint density at radius 1 is 1.09 bits per heavy atom. The number of rotatable bonds is 8. The van der Waals surface area contributed by atoms with E-state index < -0.39 is 0 Å². The Balaban J connectivity index is 1.38. The maximum atomic E-state index is 13.4. The van der Waals surface area contributed by atoms with Gasteiger partial charge in [0, 0.05) is 13.0 Å². The van der Waals surface area contributed by atoms with Crippen molar-refractivity contribution < 1.29 is 13.9 Å². The van der Waals surface area contributed by atoms with Crippen LogP contribution in [-0.4, -0.2) is 44.3 Å². The van der Waals surface area contributed by atoms with Crippen molar-refractivity contribution in [2.75, 3.05) is 12.9 Å². The summed E-state index contributed by atoms with van der Waals surface area (Å²) in [6.07, 6.45) is 2.25. The van der Waals surface area contributed by atoms with Crippen molar-refractivity contribution in [3.63, 3.8) is 0 Å². The van der Waals surface area contributed by atoms with Crippen molar-refractivity contribution in [1.29, 1.82) is 0 Å². The van der Waals surface area contributed by atoms with Gasteiger partial charge in [-0.2, -0.15) is 5.10 Å². The molecule has 2 aromatic heterocycles. The van der Waals surface area contributed by atoms with Gasteiger partial charge in [0.05, 0.1) is 30.9 Å². The van der Waals surface area contributed by atoms with Crippen LogP contribution in [-0.2, 0) is 11.3 Å². The highest BCUT2D eigenvalue weighted by Gasteiger charge is 2.33. The predicted molar refractivity (Wildman–Crippen MR) is 134 cm³/mol. The van der Waals surface area contributed by atoms with Crippen LogP contribution in [0.15, 0.2) is 87.7 Å². The molecule has 0 saturated heterocycles. The summed E-state index contributed by atoms with van der Waals surface area (Å²) in [4.78, 5) is 13.4. The molecule has 8 nitrogen and oxygen atoms in total. The third-order valence-corrected chi connectivity index (χ3v) is 6.82. The van der Waals surface area contributed by atoms with Crippen LogP contribution in [0.2, 0.25) is 0 Å². The van der Waals surface area contributed by atoms with Gasteiger partial charge in [-0.15, -0.1) is 10.2 Å². The minimum atomic E-state index is -0.188. The van der Waals surface area contributed by atoms with Crippen molar-refractivity contribution in [3.8, 4) is 17.3 Å². The first-order valence-corrected chi connectivity index (χ1v) is 12.3. The van der Waals surface area contributed by atoms with E-state index in [1.807, 2.05) is 78.2 Å². The molecule has 1 amide bonds. The van der Waals surface area contributed by atoms with Crippen LogP contribution in [0.25, 0.3) is 11.6 Å². The van der Waals surface area contributed by atoms with Crippen LogP contribution in [0.1, 0.15) is 30.5 Å². The lowest BCUT2D eigenvalue weighted by Gasteiger charge is -2.22. The standard InChI is InChI=1S/C26H25N5O3S/c1-3-30-25(23-10-7-15-34-23)27-28-26(30)35-17-24(32)31-22(19-11-13-20(33-2)14-12-19)16-21(29-31)18-8-5-4-6-9-18/h4-15,22H,3,16-17H2,1-2H3/t22-/m1/s1. The molecule has 2 aromatic carbocycles. The molecule has 0 bridgehead atoms. The number of aromatic nitrogens is 3. The van der Waals surface area contributed by atoms with Crippen molar-refractivity contribution in [1.82, 2.24) is 19.8 Å². The Labute approximate surface area is 207 Å². The van der Waals surface area contributed by atoms with Gasteiger partial charge in [-0.1, -0.05) is 54.2 Å². The first-order chi connectivity index (χ1) is 17.2. The number of hydrazone groups is 1. The average molecular weight is 488 g/mol. The molecule has 1 aliphatic heterocycles. The molecular formula is C26H25N5O3S. The van der Waals surface area contributed by atoms with E-state index in [9.17, 15) is 4.79 Å². The highest BCUT2D eigenvalue weighted by Crippen LogP contribution is 2.34. The average Bonchev–Trinajstić information content (AvgIpc) is 3.67.